The zero-order chi connectivity index (χ0) is 13.4. The van der Waals surface area contributed by atoms with Gasteiger partial charge in [-0.15, -0.1) is 0 Å². The minimum atomic E-state index is -0.700. The molecule has 0 aliphatic rings. The number of carbonyl (C=O) groups is 1. The second kappa shape index (κ2) is 8.48. The summed E-state index contributed by atoms with van der Waals surface area (Å²) in [5.41, 5.74) is 0. The second-order valence-corrected chi connectivity index (χ2v) is 5.47. The van der Waals surface area contributed by atoms with Crippen molar-refractivity contribution in [2.45, 2.75) is 39.7 Å². The molecule has 0 aromatic carbocycles. The van der Waals surface area contributed by atoms with Crippen LogP contribution in [0.25, 0.3) is 0 Å². The maximum Gasteiger partial charge on any atom is 0.303 e. The van der Waals surface area contributed by atoms with Gasteiger partial charge in [-0.2, -0.15) is 0 Å². The van der Waals surface area contributed by atoms with Crippen LogP contribution in [0.1, 0.15) is 33.6 Å². The fourth-order valence-corrected chi connectivity index (χ4v) is 1.80. The Morgan fingerprint density at radius 1 is 1.18 bits per heavy atom. The zero-order valence-electron chi connectivity index (χ0n) is 11.9. The van der Waals surface area contributed by atoms with Gasteiger partial charge in [0.2, 0.25) is 0 Å². The Hall–Kier alpha value is -0.610. The summed E-state index contributed by atoms with van der Waals surface area (Å²) >= 11 is 0. The third-order valence-corrected chi connectivity index (χ3v) is 2.83. The van der Waals surface area contributed by atoms with Crippen LogP contribution in [0.3, 0.4) is 0 Å². The van der Waals surface area contributed by atoms with Crippen LogP contribution in [0.5, 0.6) is 0 Å². The van der Waals surface area contributed by atoms with E-state index >= 15 is 0 Å². The maximum atomic E-state index is 10.6. The van der Waals surface area contributed by atoms with Crippen molar-refractivity contribution >= 4 is 5.97 Å². The monoisotopic (exact) mass is 244 g/mol. The molecule has 0 rings (SSSR count). The largest absolute Gasteiger partial charge is 0.481 e. The molecule has 0 aromatic heterocycles. The van der Waals surface area contributed by atoms with Crippen LogP contribution in [-0.4, -0.2) is 60.6 Å². The van der Waals surface area contributed by atoms with Crippen LogP contribution in [0, 0.1) is 5.92 Å². The first kappa shape index (κ1) is 16.4. The lowest BCUT2D eigenvalue weighted by Gasteiger charge is -2.31. The van der Waals surface area contributed by atoms with Gasteiger partial charge in [-0.1, -0.05) is 13.8 Å². The van der Waals surface area contributed by atoms with Gasteiger partial charge < -0.3 is 10.0 Å². The number of aliphatic carboxylic acids is 1. The van der Waals surface area contributed by atoms with E-state index in [4.69, 9.17) is 5.11 Å². The van der Waals surface area contributed by atoms with E-state index < -0.39 is 5.97 Å². The van der Waals surface area contributed by atoms with Crippen molar-refractivity contribution in [2.75, 3.05) is 33.7 Å². The number of hydrogen-bond donors (Lipinski definition) is 1. The van der Waals surface area contributed by atoms with Crippen molar-refractivity contribution in [3.63, 3.8) is 0 Å². The highest BCUT2D eigenvalue weighted by molar-refractivity contribution is 5.66. The SMILES string of the molecule is CC(C)CN(CCN(C)C)C(C)CCC(=O)O. The average molecular weight is 244 g/mol. The van der Waals surface area contributed by atoms with Gasteiger partial charge in [0, 0.05) is 32.1 Å². The Morgan fingerprint density at radius 2 is 1.76 bits per heavy atom. The summed E-state index contributed by atoms with van der Waals surface area (Å²) in [7, 11) is 4.13. The number of likely N-dealkylation sites (N-methyl/N-ethyl adjacent to an activating group) is 1. The van der Waals surface area contributed by atoms with Gasteiger partial charge in [0.05, 0.1) is 0 Å². The fourth-order valence-electron chi connectivity index (χ4n) is 1.80. The lowest BCUT2D eigenvalue weighted by molar-refractivity contribution is -0.137. The molecule has 0 aliphatic heterocycles. The van der Waals surface area contributed by atoms with E-state index in [1.807, 2.05) is 0 Å². The molecule has 1 atom stereocenters. The highest BCUT2D eigenvalue weighted by Crippen LogP contribution is 2.09. The average Bonchev–Trinajstić information content (AvgIpc) is 2.19. The predicted octanol–water partition coefficient (Wildman–Crippen LogP) is 1.76. The summed E-state index contributed by atoms with van der Waals surface area (Å²) in [6, 6.07) is 0.341. The molecule has 0 bridgehead atoms. The van der Waals surface area contributed by atoms with Crippen LogP contribution < -0.4 is 0 Å². The molecule has 0 heterocycles. The van der Waals surface area contributed by atoms with E-state index in [9.17, 15) is 4.79 Å². The molecule has 17 heavy (non-hydrogen) atoms. The van der Waals surface area contributed by atoms with Gasteiger partial charge in [0.15, 0.2) is 0 Å². The smallest absolute Gasteiger partial charge is 0.303 e. The molecule has 0 amide bonds. The molecule has 0 spiro atoms. The van der Waals surface area contributed by atoms with Crippen LogP contribution in [0.15, 0.2) is 0 Å². The molecule has 102 valence electrons. The van der Waals surface area contributed by atoms with Gasteiger partial charge in [-0.25, -0.2) is 0 Å². The van der Waals surface area contributed by atoms with Crippen molar-refractivity contribution in [2.24, 2.45) is 5.92 Å². The molecule has 0 saturated carbocycles. The van der Waals surface area contributed by atoms with E-state index in [2.05, 4.69) is 44.7 Å². The number of carboxylic acid groups (broad SMARTS) is 1. The molecule has 4 nitrogen and oxygen atoms in total. The van der Waals surface area contributed by atoms with Gasteiger partial charge in [0.25, 0.3) is 0 Å². The summed E-state index contributed by atoms with van der Waals surface area (Å²) in [6.45, 7) is 9.59. The fraction of sp³-hybridized carbons (Fsp3) is 0.923. The lowest BCUT2D eigenvalue weighted by atomic mass is 10.1. The number of rotatable bonds is 9. The van der Waals surface area contributed by atoms with Crippen molar-refractivity contribution in [1.29, 1.82) is 0 Å². The molecular weight excluding hydrogens is 216 g/mol. The minimum absolute atomic E-state index is 0.262. The van der Waals surface area contributed by atoms with Gasteiger partial charge in [0.1, 0.15) is 0 Å². The summed E-state index contributed by atoms with van der Waals surface area (Å²) in [4.78, 5) is 15.1. The van der Waals surface area contributed by atoms with E-state index in [1.54, 1.807) is 0 Å². The molecule has 1 N–H and O–H groups in total. The van der Waals surface area contributed by atoms with Crippen LogP contribution in [0.2, 0.25) is 0 Å². The molecular formula is C13H28N2O2. The summed E-state index contributed by atoms with van der Waals surface area (Å²) < 4.78 is 0. The number of nitrogens with zero attached hydrogens (tertiary/aromatic N) is 2. The summed E-state index contributed by atoms with van der Waals surface area (Å²) in [5.74, 6) is -0.0848. The molecule has 0 fully saturated rings. The minimum Gasteiger partial charge on any atom is -0.481 e. The first-order valence-electron chi connectivity index (χ1n) is 6.43. The third-order valence-electron chi connectivity index (χ3n) is 2.83. The van der Waals surface area contributed by atoms with Crippen LogP contribution in [-0.2, 0) is 4.79 Å². The molecule has 0 aliphatic carbocycles. The topological polar surface area (TPSA) is 43.8 Å². The Labute approximate surface area is 106 Å². The van der Waals surface area contributed by atoms with Crippen molar-refractivity contribution in [3.05, 3.63) is 0 Å². The first-order chi connectivity index (χ1) is 7.82. The highest BCUT2D eigenvalue weighted by Gasteiger charge is 2.16. The van der Waals surface area contributed by atoms with Crippen molar-refractivity contribution in [1.82, 2.24) is 9.80 Å². The Morgan fingerprint density at radius 3 is 2.18 bits per heavy atom. The first-order valence-corrected chi connectivity index (χ1v) is 6.43. The van der Waals surface area contributed by atoms with Crippen molar-refractivity contribution in [3.8, 4) is 0 Å². The molecule has 1 unspecified atom stereocenters. The normalized spacial score (nSPS) is 13.6. The van der Waals surface area contributed by atoms with E-state index in [1.165, 1.54) is 0 Å². The van der Waals surface area contributed by atoms with Gasteiger partial charge in [-0.3, -0.25) is 9.69 Å². The zero-order valence-corrected chi connectivity index (χ0v) is 11.9. The predicted molar refractivity (Wildman–Crippen MR) is 71.3 cm³/mol. The quantitative estimate of drug-likeness (QED) is 0.671. The van der Waals surface area contributed by atoms with E-state index in [0.717, 1.165) is 26.1 Å². The number of hydrogen-bond acceptors (Lipinski definition) is 3. The lowest BCUT2D eigenvalue weighted by Crippen LogP contribution is -2.40. The standard InChI is InChI=1S/C13H28N2O2/c1-11(2)10-15(9-8-14(4)5)12(3)6-7-13(16)17/h11-12H,6-10H2,1-5H3,(H,16,17). The van der Waals surface area contributed by atoms with Crippen molar-refractivity contribution < 1.29 is 9.90 Å². The Bertz CT molecular complexity index is 217. The molecule has 4 heteroatoms. The van der Waals surface area contributed by atoms with E-state index in [0.29, 0.717) is 12.0 Å². The summed E-state index contributed by atoms with van der Waals surface area (Å²) in [6.07, 6.45) is 0.993. The van der Waals surface area contributed by atoms with Crippen LogP contribution in [0.4, 0.5) is 0 Å². The molecule has 0 aromatic rings. The second-order valence-electron chi connectivity index (χ2n) is 5.47. The molecule has 0 saturated heterocycles. The summed E-state index contributed by atoms with van der Waals surface area (Å²) in [5, 5.41) is 8.72. The van der Waals surface area contributed by atoms with Gasteiger partial charge in [-0.05, 0) is 33.4 Å². The number of carboxylic acids is 1. The van der Waals surface area contributed by atoms with Crippen LogP contribution >= 0.6 is 0 Å². The molecule has 0 radical (unpaired) electrons. The highest BCUT2D eigenvalue weighted by atomic mass is 16.4. The van der Waals surface area contributed by atoms with E-state index in [-0.39, 0.29) is 6.42 Å². The Kier molecular flexibility index (Phi) is 8.17. The maximum absolute atomic E-state index is 10.6. The third kappa shape index (κ3) is 9.12. The Balaban J connectivity index is 4.18. The van der Waals surface area contributed by atoms with Gasteiger partial charge >= 0.3 is 5.97 Å².